The molecule has 0 aliphatic heterocycles. The Bertz CT molecular complexity index is 266. The van der Waals surface area contributed by atoms with E-state index in [1.807, 2.05) is 0 Å². The van der Waals surface area contributed by atoms with Gasteiger partial charge in [-0.1, -0.05) is 6.07 Å². The zero-order chi connectivity index (χ0) is 11.0. The normalized spacial score (nSPS) is 8.43. The van der Waals surface area contributed by atoms with Crippen LogP contribution in [0.1, 0.15) is 13.8 Å². The summed E-state index contributed by atoms with van der Waals surface area (Å²) in [6.07, 6.45) is 0. The minimum atomic E-state index is -0.211. The van der Waals surface area contributed by atoms with E-state index in [9.17, 15) is 4.79 Å². The zero-order valence-corrected chi connectivity index (χ0v) is 8.23. The predicted octanol–water partition coefficient (Wildman–Crippen LogP) is 1.67. The van der Waals surface area contributed by atoms with Gasteiger partial charge in [0.25, 0.3) is 0 Å². The van der Waals surface area contributed by atoms with Gasteiger partial charge in [0.05, 0.1) is 6.61 Å². The second-order valence-electron chi connectivity index (χ2n) is 2.44. The molecule has 0 radical (unpaired) electrons. The van der Waals surface area contributed by atoms with Gasteiger partial charge in [0.15, 0.2) is 0 Å². The molecule has 1 rings (SSSR count). The molecule has 2 N–H and O–H groups in total. The molecule has 0 atom stereocenters. The van der Waals surface area contributed by atoms with Crippen LogP contribution in [0.4, 0.5) is 0 Å². The fraction of sp³-hybridized carbons (Fsp3) is 0.300. The maximum atomic E-state index is 9.82. The number of ether oxygens (including phenoxy) is 1. The molecule has 0 saturated carbocycles. The van der Waals surface area contributed by atoms with E-state index in [4.69, 9.17) is 10.2 Å². The third-order valence-electron chi connectivity index (χ3n) is 1.18. The summed E-state index contributed by atoms with van der Waals surface area (Å²) in [7, 11) is 0. The van der Waals surface area contributed by atoms with E-state index in [2.05, 4.69) is 4.74 Å². The summed E-state index contributed by atoms with van der Waals surface area (Å²) in [6, 6.07) is 5.85. The highest BCUT2D eigenvalue weighted by molar-refractivity contribution is 5.65. The Hall–Kier alpha value is -1.71. The molecule has 78 valence electrons. The van der Waals surface area contributed by atoms with Crippen LogP contribution < -0.4 is 0 Å². The van der Waals surface area contributed by atoms with Gasteiger partial charge in [0.1, 0.15) is 11.5 Å². The predicted molar refractivity (Wildman–Crippen MR) is 52.1 cm³/mol. The van der Waals surface area contributed by atoms with Gasteiger partial charge in [0, 0.05) is 13.0 Å². The Morgan fingerprint density at radius 2 is 1.86 bits per heavy atom. The highest BCUT2D eigenvalue weighted by atomic mass is 16.5. The van der Waals surface area contributed by atoms with Gasteiger partial charge in [-0.15, -0.1) is 0 Å². The zero-order valence-electron chi connectivity index (χ0n) is 8.23. The molecule has 0 fully saturated rings. The quantitative estimate of drug-likeness (QED) is 0.673. The van der Waals surface area contributed by atoms with Crippen LogP contribution >= 0.6 is 0 Å². The van der Waals surface area contributed by atoms with Crippen LogP contribution in [0.15, 0.2) is 24.3 Å². The van der Waals surface area contributed by atoms with Crippen molar-refractivity contribution >= 4 is 5.97 Å². The Labute approximate surface area is 82.8 Å². The van der Waals surface area contributed by atoms with E-state index in [1.54, 1.807) is 13.0 Å². The van der Waals surface area contributed by atoms with E-state index < -0.39 is 0 Å². The lowest BCUT2D eigenvalue weighted by Gasteiger charge is -1.89. The first kappa shape index (κ1) is 12.3. The number of phenols is 2. The van der Waals surface area contributed by atoms with Gasteiger partial charge in [-0.2, -0.15) is 0 Å². The van der Waals surface area contributed by atoms with Crippen molar-refractivity contribution in [3.8, 4) is 11.5 Å². The van der Waals surface area contributed by atoms with Crippen LogP contribution in [-0.2, 0) is 9.53 Å². The Morgan fingerprint density at radius 1 is 1.36 bits per heavy atom. The minimum absolute atomic E-state index is 0.0880. The number of benzene rings is 1. The monoisotopic (exact) mass is 198 g/mol. The average molecular weight is 198 g/mol. The number of carbonyl (C=O) groups is 1. The van der Waals surface area contributed by atoms with Crippen molar-refractivity contribution in [2.75, 3.05) is 6.61 Å². The van der Waals surface area contributed by atoms with Gasteiger partial charge in [-0.25, -0.2) is 0 Å². The fourth-order valence-electron chi connectivity index (χ4n) is 0.696. The first-order valence-electron chi connectivity index (χ1n) is 4.17. The van der Waals surface area contributed by atoms with Crippen LogP contribution in [0.2, 0.25) is 0 Å². The van der Waals surface area contributed by atoms with E-state index >= 15 is 0 Å². The SMILES string of the molecule is CCOC(C)=O.Oc1cccc(O)c1. The molecule has 0 aliphatic carbocycles. The van der Waals surface area contributed by atoms with Crippen molar-refractivity contribution in [2.24, 2.45) is 0 Å². The summed E-state index contributed by atoms with van der Waals surface area (Å²) < 4.78 is 4.40. The lowest BCUT2D eigenvalue weighted by atomic mass is 10.3. The molecule has 0 bridgehead atoms. The minimum Gasteiger partial charge on any atom is -0.508 e. The highest BCUT2D eigenvalue weighted by Crippen LogP contribution is 2.14. The van der Waals surface area contributed by atoms with Crippen LogP contribution in [0.5, 0.6) is 11.5 Å². The molecule has 14 heavy (non-hydrogen) atoms. The summed E-state index contributed by atoms with van der Waals surface area (Å²) in [5.74, 6) is -0.0347. The number of phenolic OH excluding ortho intramolecular Hbond substituents is 2. The Morgan fingerprint density at radius 3 is 2.00 bits per heavy atom. The lowest BCUT2D eigenvalue weighted by Crippen LogP contribution is -1.95. The Kier molecular flexibility index (Phi) is 5.94. The molecule has 0 amide bonds. The van der Waals surface area contributed by atoms with Crippen molar-refractivity contribution in [2.45, 2.75) is 13.8 Å². The maximum Gasteiger partial charge on any atom is 0.302 e. The van der Waals surface area contributed by atoms with Gasteiger partial charge in [0.2, 0.25) is 0 Å². The van der Waals surface area contributed by atoms with Gasteiger partial charge in [-0.3, -0.25) is 4.79 Å². The van der Waals surface area contributed by atoms with Crippen LogP contribution in [-0.4, -0.2) is 22.8 Å². The fourth-order valence-corrected chi connectivity index (χ4v) is 0.696. The molecular formula is C10H14O4. The average Bonchev–Trinajstić information content (AvgIpc) is 2.03. The summed E-state index contributed by atoms with van der Waals surface area (Å²) in [5.41, 5.74) is 0. The largest absolute Gasteiger partial charge is 0.508 e. The summed E-state index contributed by atoms with van der Waals surface area (Å²) >= 11 is 0. The smallest absolute Gasteiger partial charge is 0.302 e. The number of hydrogen-bond donors (Lipinski definition) is 2. The number of carbonyl (C=O) groups excluding carboxylic acids is 1. The molecule has 4 heteroatoms. The number of esters is 1. The molecule has 0 aromatic heterocycles. The first-order chi connectivity index (χ1) is 6.56. The number of rotatable bonds is 1. The van der Waals surface area contributed by atoms with Crippen molar-refractivity contribution in [3.05, 3.63) is 24.3 Å². The standard InChI is InChI=1S/C6H6O2.C4H8O2/c7-5-2-1-3-6(8)4-5;1-3-6-4(2)5/h1-4,7-8H;3H2,1-2H3. The van der Waals surface area contributed by atoms with Gasteiger partial charge < -0.3 is 14.9 Å². The molecule has 0 aliphatic rings. The van der Waals surface area contributed by atoms with Crippen LogP contribution in [0, 0.1) is 0 Å². The molecule has 0 heterocycles. The second kappa shape index (κ2) is 6.77. The van der Waals surface area contributed by atoms with Gasteiger partial charge >= 0.3 is 5.97 Å². The maximum absolute atomic E-state index is 9.82. The molecule has 0 unspecified atom stereocenters. The molecule has 1 aromatic rings. The molecule has 4 nitrogen and oxygen atoms in total. The number of hydrogen-bond acceptors (Lipinski definition) is 4. The van der Waals surface area contributed by atoms with E-state index in [1.165, 1.54) is 25.1 Å². The van der Waals surface area contributed by atoms with Crippen molar-refractivity contribution < 1.29 is 19.7 Å². The molecular weight excluding hydrogens is 184 g/mol. The molecule has 0 saturated heterocycles. The summed E-state index contributed by atoms with van der Waals surface area (Å²) in [6.45, 7) is 3.65. The van der Waals surface area contributed by atoms with Crippen LogP contribution in [0.25, 0.3) is 0 Å². The second-order valence-corrected chi connectivity index (χ2v) is 2.44. The summed E-state index contributed by atoms with van der Waals surface area (Å²) in [4.78, 5) is 9.82. The van der Waals surface area contributed by atoms with Gasteiger partial charge in [-0.05, 0) is 19.1 Å². The first-order valence-corrected chi connectivity index (χ1v) is 4.17. The van der Waals surface area contributed by atoms with Crippen molar-refractivity contribution in [1.29, 1.82) is 0 Å². The Balaban J connectivity index is 0.000000255. The topological polar surface area (TPSA) is 66.8 Å². The molecule has 1 aromatic carbocycles. The van der Waals surface area contributed by atoms with E-state index in [0.29, 0.717) is 6.61 Å². The molecule has 0 spiro atoms. The number of aromatic hydroxyl groups is 2. The lowest BCUT2D eigenvalue weighted by molar-refractivity contribution is -0.140. The van der Waals surface area contributed by atoms with Crippen molar-refractivity contribution in [1.82, 2.24) is 0 Å². The van der Waals surface area contributed by atoms with E-state index in [-0.39, 0.29) is 17.5 Å². The van der Waals surface area contributed by atoms with E-state index in [0.717, 1.165) is 0 Å². The van der Waals surface area contributed by atoms with Crippen molar-refractivity contribution in [3.63, 3.8) is 0 Å². The summed E-state index contributed by atoms with van der Waals surface area (Å²) in [5, 5.41) is 17.3. The van der Waals surface area contributed by atoms with Crippen LogP contribution in [0.3, 0.4) is 0 Å². The highest BCUT2D eigenvalue weighted by Gasteiger charge is 1.85. The third kappa shape index (κ3) is 6.97. The third-order valence-corrected chi connectivity index (χ3v) is 1.18.